The summed E-state index contributed by atoms with van der Waals surface area (Å²) in [6, 6.07) is 29.1. The van der Waals surface area contributed by atoms with Crippen LogP contribution in [0.4, 0.5) is 0 Å². The molecule has 4 aromatic carbocycles. The van der Waals surface area contributed by atoms with Gasteiger partial charge in [0, 0.05) is 19.3 Å². The van der Waals surface area contributed by atoms with Crippen molar-refractivity contribution in [3.8, 4) is 0 Å². The number of unbranched alkanes of at least 4 members (excludes halogenated alkanes) is 9. The van der Waals surface area contributed by atoms with Crippen LogP contribution in [0.1, 0.15) is 153 Å². The molecule has 4 rings (SSSR count). The van der Waals surface area contributed by atoms with Crippen molar-refractivity contribution in [3.63, 3.8) is 0 Å². The average molecular weight is 1160 g/mol. The number of allylic oxidation sites excluding steroid dienone is 2. The van der Waals surface area contributed by atoms with Crippen molar-refractivity contribution in [1.82, 2.24) is 0 Å². The second kappa shape index (κ2) is 40.9. The fourth-order valence-electron chi connectivity index (χ4n) is 9.80. The van der Waals surface area contributed by atoms with Crippen molar-refractivity contribution in [1.29, 1.82) is 0 Å². The molecular formula is C65H96N2NiO12. The maximum atomic E-state index is 11.3. The topological polar surface area (TPSA) is 279 Å². The Labute approximate surface area is 482 Å². The molecule has 0 aliphatic heterocycles. The third kappa shape index (κ3) is 25.1. The first-order valence-corrected chi connectivity index (χ1v) is 30.5. The first kappa shape index (κ1) is 70.1. The van der Waals surface area contributed by atoms with E-state index in [1.54, 1.807) is 18.2 Å². The third-order valence-corrected chi connectivity index (χ3v) is 15.8. The quantitative estimate of drug-likeness (QED) is 0.00529. The van der Waals surface area contributed by atoms with Crippen molar-refractivity contribution in [2.24, 2.45) is 0 Å². The van der Waals surface area contributed by atoms with Crippen LogP contribution >= 0.6 is 0 Å². The Morgan fingerprint density at radius 2 is 0.838 bits per heavy atom. The number of rotatable bonds is 39. The summed E-state index contributed by atoms with van der Waals surface area (Å²) in [5.74, 6) is 2.45. The van der Waals surface area contributed by atoms with Gasteiger partial charge in [0.1, 0.15) is 36.6 Å². The average Bonchev–Trinajstić information content (AvgIpc) is 3.57. The molecule has 0 radical (unpaired) electrons. The number of aliphatic hydroxyl groups excluding tert-OH is 12. The van der Waals surface area contributed by atoms with Gasteiger partial charge < -0.3 is 66.8 Å². The van der Waals surface area contributed by atoms with E-state index in [1.807, 2.05) is 14.4 Å². The third-order valence-electron chi connectivity index (χ3n) is 14.6. The molecule has 0 fully saturated rings. The SMILES string of the molecule is CCCCCCc1cc(C(=CC=C=[N+]=[N-])c2cc(CC(O)C(O)C(O)CO)c(CC(O)C(O)C(O)CO)c(CC(O)C(O)C(O)CO)c2)cc(CCCCCC)c1CCCCCC.c1ccc(C[CH2][Ni][CH2]Cc2ccccc2)cc1. The summed E-state index contributed by atoms with van der Waals surface area (Å²) in [5, 5.41) is 128. The van der Waals surface area contributed by atoms with E-state index in [2.05, 4.69) is 104 Å². The molecule has 14 nitrogen and oxygen atoms in total. The van der Waals surface area contributed by atoms with Crippen LogP contribution in [-0.4, -0.2) is 147 Å². The zero-order valence-corrected chi connectivity index (χ0v) is 48.7. The maximum absolute atomic E-state index is 11.3. The Bertz CT molecular complexity index is 2290. The van der Waals surface area contributed by atoms with Crippen molar-refractivity contribution in [2.75, 3.05) is 19.8 Å². The van der Waals surface area contributed by atoms with Gasteiger partial charge in [0.15, 0.2) is 0 Å². The van der Waals surface area contributed by atoms with Crippen LogP contribution in [0, 0.1) is 0 Å². The Hall–Kier alpha value is -4.21. The van der Waals surface area contributed by atoms with Crippen molar-refractivity contribution < 1.29 is 80.5 Å². The van der Waals surface area contributed by atoms with Crippen LogP contribution in [0.3, 0.4) is 0 Å². The molecule has 12 N–H and O–H groups in total. The molecule has 15 heteroatoms. The molecule has 4 aromatic rings. The molecule has 0 bridgehead atoms. The minimum absolute atomic E-state index is 0.201. The van der Waals surface area contributed by atoms with Gasteiger partial charge in [-0.25, -0.2) is 0 Å². The molecule has 9 atom stereocenters. The number of hydrogen-bond acceptors (Lipinski definition) is 12. The summed E-state index contributed by atoms with van der Waals surface area (Å²) < 4.78 is 0. The van der Waals surface area contributed by atoms with Gasteiger partial charge in [0.25, 0.3) is 5.87 Å². The molecule has 80 heavy (non-hydrogen) atoms. The molecule has 448 valence electrons. The van der Waals surface area contributed by atoms with Crippen LogP contribution in [0.2, 0.25) is 10.8 Å². The number of nitrogens with zero attached hydrogens (tertiary/aromatic N) is 2. The van der Waals surface area contributed by atoms with Gasteiger partial charge >= 0.3 is 110 Å². The minimum atomic E-state index is -1.85. The second-order valence-electron chi connectivity index (χ2n) is 20.9. The summed E-state index contributed by atoms with van der Waals surface area (Å²) in [6.07, 6.45) is 4.06. The normalized spacial score (nSPS) is 15.1. The summed E-state index contributed by atoms with van der Waals surface area (Å²) >= 11 is 1.86. The predicted molar refractivity (Wildman–Crippen MR) is 313 cm³/mol. The van der Waals surface area contributed by atoms with E-state index in [9.17, 15) is 66.8 Å². The monoisotopic (exact) mass is 1150 g/mol. The zero-order chi connectivity index (χ0) is 58.7. The molecule has 9 unspecified atom stereocenters. The van der Waals surface area contributed by atoms with Crippen molar-refractivity contribution >= 4 is 11.4 Å². The van der Waals surface area contributed by atoms with Gasteiger partial charge in [-0.15, -0.1) is 4.79 Å². The summed E-state index contributed by atoms with van der Waals surface area (Å²) in [5.41, 5.74) is 18.6. The van der Waals surface area contributed by atoms with E-state index in [0.717, 1.165) is 102 Å². The van der Waals surface area contributed by atoms with Crippen LogP contribution in [0.5, 0.6) is 0 Å². The number of aryl methyl sites for hydroxylation is 4. The summed E-state index contributed by atoms with van der Waals surface area (Å²) in [6.45, 7) is 3.94. The van der Waals surface area contributed by atoms with Gasteiger partial charge in [-0.3, -0.25) is 0 Å². The van der Waals surface area contributed by atoms with Gasteiger partial charge in [0.05, 0.1) is 44.2 Å². The molecule has 0 saturated carbocycles. The van der Waals surface area contributed by atoms with Gasteiger partial charge in [0.2, 0.25) is 0 Å². The van der Waals surface area contributed by atoms with Crippen LogP contribution in [-0.2, 0) is 65.8 Å². The predicted octanol–water partition coefficient (Wildman–Crippen LogP) is 7.19. The van der Waals surface area contributed by atoms with E-state index in [0.29, 0.717) is 11.1 Å². The van der Waals surface area contributed by atoms with Crippen LogP contribution in [0.15, 0.2) is 97.1 Å². The van der Waals surface area contributed by atoms with E-state index in [1.165, 1.54) is 57.5 Å². The van der Waals surface area contributed by atoms with Crippen LogP contribution < -0.4 is 0 Å². The Balaban J connectivity index is 0.000000830. The number of hydrogen-bond donors (Lipinski definition) is 12. The fraction of sp³-hybridized carbons (Fsp3) is 0.569. The van der Waals surface area contributed by atoms with E-state index in [4.69, 9.17) is 0 Å². The molecule has 0 heterocycles. The fourth-order valence-corrected chi connectivity index (χ4v) is 11.0. The van der Waals surface area contributed by atoms with Gasteiger partial charge in [-0.1, -0.05) is 103 Å². The molecule has 0 saturated heterocycles. The molecule has 0 aromatic heterocycles. The molecule has 0 spiro atoms. The Morgan fingerprint density at radius 3 is 1.21 bits per heavy atom. The van der Waals surface area contributed by atoms with E-state index >= 15 is 0 Å². The number of aliphatic hydroxyl groups is 12. The molecule has 0 aliphatic rings. The molecule has 0 amide bonds. The molecular weight excluding hydrogens is 1060 g/mol. The summed E-state index contributed by atoms with van der Waals surface area (Å²) in [7, 11) is 0. The van der Waals surface area contributed by atoms with Crippen molar-refractivity contribution in [3.05, 3.63) is 158 Å². The first-order valence-electron chi connectivity index (χ1n) is 29.1. The van der Waals surface area contributed by atoms with Gasteiger partial charge in [-0.05, 0) is 94.7 Å². The van der Waals surface area contributed by atoms with E-state index in [-0.39, 0.29) is 16.7 Å². The van der Waals surface area contributed by atoms with Crippen molar-refractivity contribution in [2.45, 2.75) is 215 Å². The zero-order valence-electron chi connectivity index (χ0n) is 47.7. The van der Waals surface area contributed by atoms with Gasteiger partial charge in [-0.2, -0.15) is 0 Å². The Morgan fingerprint density at radius 1 is 0.463 bits per heavy atom. The number of benzene rings is 4. The van der Waals surface area contributed by atoms with E-state index < -0.39 is 94.0 Å². The molecule has 0 aliphatic carbocycles. The van der Waals surface area contributed by atoms with Crippen LogP contribution in [0.25, 0.3) is 11.1 Å². The second-order valence-corrected chi connectivity index (χ2v) is 22.4. The summed E-state index contributed by atoms with van der Waals surface area (Å²) in [4.78, 5) is 3.05. The Kier molecular flexibility index (Phi) is 35.8. The first-order chi connectivity index (χ1) is 38.7. The standard InChI is InChI=1S/C49H78N2O12.2C8H9.Ni/c1-4-7-10-13-17-32-22-34(23-33(18-14-11-8-5-2)38(32)19-15-12-9-6-3)39(20-16-21-51-50)35-24-36(26-41(55)47(61)44(58)29-52)40(28-43(57)49(63)46(60)31-54)37(25-35)27-42(56)48(62)45(59)30-53;2*1-2-8-6-4-3-5-7-8;/h16,20,22-25,41-49,52-63H,4-15,17-19,26-31H2,1-3H3;2*3-7H,1-2H2;.